The summed E-state index contributed by atoms with van der Waals surface area (Å²) in [4.78, 5) is 4.13. The normalized spacial score (nSPS) is 11.0. The van der Waals surface area contributed by atoms with Gasteiger partial charge in [0.25, 0.3) is 0 Å². The number of para-hydroxylation sites is 1. The van der Waals surface area contributed by atoms with Crippen molar-refractivity contribution in [2.24, 2.45) is 5.10 Å². The van der Waals surface area contributed by atoms with Gasteiger partial charge in [0.15, 0.2) is 11.5 Å². The number of aromatic nitrogens is 2. The van der Waals surface area contributed by atoms with Crippen molar-refractivity contribution in [3.63, 3.8) is 0 Å². The van der Waals surface area contributed by atoms with Gasteiger partial charge in [0.1, 0.15) is 6.61 Å². The van der Waals surface area contributed by atoms with E-state index in [-0.39, 0.29) is 0 Å². The molecule has 3 aromatic rings. The number of benzene rings is 2. The minimum atomic E-state index is 0.332. The lowest BCUT2D eigenvalue weighted by atomic mass is 10.2. The van der Waals surface area contributed by atoms with Crippen molar-refractivity contribution in [3.8, 4) is 11.5 Å². The number of methoxy groups -OCH3 is 1. The fourth-order valence-corrected chi connectivity index (χ4v) is 2.90. The van der Waals surface area contributed by atoms with Crippen LogP contribution in [0.15, 0.2) is 58.2 Å². The average Bonchev–Trinajstić information content (AvgIpc) is 2.95. The molecule has 2 N–H and O–H groups in total. The first-order chi connectivity index (χ1) is 12.6. The zero-order valence-corrected chi connectivity index (χ0v) is 16.1. The molecule has 0 atom stereocenters. The van der Waals surface area contributed by atoms with Crippen LogP contribution in [-0.4, -0.2) is 23.0 Å². The highest BCUT2D eigenvalue weighted by Gasteiger charge is 2.10. The Kier molecular flexibility index (Phi) is 5.58. The molecule has 6 nitrogen and oxygen atoms in total. The smallest absolute Gasteiger partial charge is 0.221 e. The number of imidazole rings is 1. The molecule has 0 saturated carbocycles. The second-order valence-corrected chi connectivity index (χ2v) is 6.54. The number of hydrogen-bond acceptors (Lipinski definition) is 5. The number of halogens is 1. The Labute approximate surface area is 160 Å². The van der Waals surface area contributed by atoms with Crippen LogP contribution in [0.5, 0.6) is 11.5 Å². The summed E-state index contributed by atoms with van der Waals surface area (Å²) < 4.78 is 14.0. The summed E-state index contributed by atoms with van der Waals surface area (Å²) in [5.41, 5.74) is 8.46. The van der Waals surface area contributed by atoms with Gasteiger partial charge in [-0.1, -0.05) is 34.1 Å². The van der Waals surface area contributed by atoms with Crippen LogP contribution < -0.4 is 15.2 Å². The Morgan fingerprint density at radius 2 is 2.08 bits per heavy atom. The van der Waals surface area contributed by atoms with E-state index in [0.29, 0.717) is 24.1 Å². The van der Waals surface area contributed by atoms with E-state index in [2.05, 4.69) is 26.0 Å². The van der Waals surface area contributed by atoms with Gasteiger partial charge < -0.3 is 15.2 Å². The van der Waals surface area contributed by atoms with E-state index in [4.69, 9.17) is 15.2 Å². The van der Waals surface area contributed by atoms with E-state index in [1.165, 1.54) is 4.68 Å². The Bertz CT molecular complexity index is 937. The molecule has 134 valence electrons. The van der Waals surface area contributed by atoms with E-state index in [1.807, 2.05) is 49.4 Å². The van der Waals surface area contributed by atoms with E-state index in [9.17, 15) is 0 Å². The largest absolute Gasteiger partial charge is 0.493 e. The fourth-order valence-electron chi connectivity index (χ4n) is 2.45. The Hall–Kier alpha value is -2.80. The molecule has 3 rings (SSSR count). The highest BCUT2D eigenvalue weighted by atomic mass is 79.9. The number of aryl methyl sites for hydroxylation is 1. The minimum Gasteiger partial charge on any atom is -0.493 e. The van der Waals surface area contributed by atoms with Gasteiger partial charge in [-0.15, -0.1) is 0 Å². The van der Waals surface area contributed by atoms with Crippen LogP contribution in [0.1, 0.15) is 16.8 Å². The molecule has 2 aromatic carbocycles. The van der Waals surface area contributed by atoms with Crippen molar-refractivity contribution in [3.05, 3.63) is 70.0 Å². The third-order valence-electron chi connectivity index (χ3n) is 3.66. The summed E-state index contributed by atoms with van der Waals surface area (Å²) in [5.74, 6) is 1.59. The number of nitrogens with zero attached hydrogens (tertiary/aromatic N) is 3. The molecule has 0 unspecified atom stereocenters. The van der Waals surface area contributed by atoms with E-state index in [0.717, 1.165) is 21.3 Å². The number of nitrogens with two attached hydrogens (primary N) is 1. The molecule has 0 radical (unpaired) electrons. The van der Waals surface area contributed by atoms with Gasteiger partial charge in [0, 0.05) is 10.0 Å². The molecule has 1 aromatic heterocycles. The summed E-state index contributed by atoms with van der Waals surface area (Å²) in [6.45, 7) is 2.27. The maximum absolute atomic E-state index is 6.03. The van der Waals surface area contributed by atoms with Crippen molar-refractivity contribution in [1.82, 2.24) is 9.66 Å². The molecule has 0 saturated heterocycles. The van der Waals surface area contributed by atoms with Gasteiger partial charge in [0.05, 0.1) is 25.2 Å². The van der Waals surface area contributed by atoms with Gasteiger partial charge in [-0.05, 0) is 36.8 Å². The number of hydrogen-bond donors (Lipinski definition) is 1. The monoisotopic (exact) mass is 414 g/mol. The first-order valence-electron chi connectivity index (χ1n) is 7.97. The number of nitrogen functional groups attached to an aromatic ring is 1. The quantitative estimate of drug-likeness (QED) is 0.618. The lowest BCUT2D eigenvalue weighted by Gasteiger charge is -2.13. The second kappa shape index (κ2) is 8.05. The SMILES string of the molecule is COc1cccc(C=Nn2cc(C)nc2N)c1OCc1cccc(Br)c1. The molecule has 0 aliphatic carbocycles. The molecule has 0 spiro atoms. The molecule has 0 bridgehead atoms. The first-order valence-corrected chi connectivity index (χ1v) is 8.76. The van der Waals surface area contributed by atoms with Gasteiger partial charge in [-0.3, -0.25) is 0 Å². The summed E-state index contributed by atoms with van der Waals surface area (Å²) >= 11 is 3.47. The Morgan fingerprint density at radius 3 is 2.77 bits per heavy atom. The van der Waals surface area contributed by atoms with Gasteiger partial charge in [-0.2, -0.15) is 5.10 Å². The van der Waals surface area contributed by atoms with Crippen LogP contribution in [0.25, 0.3) is 0 Å². The van der Waals surface area contributed by atoms with Crippen molar-refractivity contribution in [2.45, 2.75) is 13.5 Å². The molecule has 1 heterocycles. The minimum absolute atomic E-state index is 0.332. The fraction of sp³-hybridized carbons (Fsp3) is 0.158. The van der Waals surface area contributed by atoms with Crippen molar-refractivity contribution in [2.75, 3.05) is 12.8 Å². The average molecular weight is 415 g/mol. The van der Waals surface area contributed by atoms with E-state index < -0.39 is 0 Å². The van der Waals surface area contributed by atoms with Crippen molar-refractivity contribution < 1.29 is 9.47 Å². The van der Waals surface area contributed by atoms with Crippen LogP contribution in [-0.2, 0) is 6.61 Å². The molecule has 0 aliphatic rings. The zero-order chi connectivity index (χ0) is 18.5. The summed E-state index contributed by atoms with van der Waals surface area (Å²) in [6, 6.07) is 13.6. The Balaban J connectivity index is 1.87. The lowest BCUT2D eigenvalue weighted by Crippen LogP contribution is -2.02. The molecule has 0 aliphatic heterocycles. The van der Waals surface area contributed by atoms with Gasteiger partial charge >= 0.3 is 0 Å². The van der Waals surface area contributed by atoms with Crippen LogP contribution in [0, 0.1) is 6.92 Å². The molecular formula is C19H19BrN4O2. The summed E-state index contributed by atoms with van der Waals surface area (Å²) in [5, 5.41) is 4.36. The van der Waals surface area contributed by atoms with Gasteiger partial charge in [-0.25, -0.2) is 9.66 Å². The van der Waals surface area contributed by atoms with Crippen molar-refractivity contribution >= 4 is 28.1 Å². The predicted molar refractivity (Wildman–Crippen MR) is 106 cm³/mol. The Morgan fingerprint density at radius 1 is 1.27 bits per heavy atom. The molecule has 7 heteroatoms. The molecular weight excluding hydrogens is 396 g/mol. The molecule has 26 heavy (non-hydrogen) atoms. The lowest BCUT2D eigenvalue weighted by molar-refractivity contribution is 0.284. The topological polar surface area (TPSA) is 74.7 Å². The van der Waals surface area contributed by atoms with Crippen LogP contribution in [0.3, 0.4) is 0 Å². The zero-order valence-electron chi connectivity index (χ0n) is 14.5. The highest BCUT2D eigenvalue weighted by molar-refractivity contribution is 9.10. The van der Waals surface area contributed by atoms with E-state index in [1.54, 1.807) is 19.5 Å². The highest BCUT2D eigenvalue weighted by Crippen LogP contribution is 2.31. The third-order valence-corrected chi connectivity index (χ3v) is 4.15. The number of anilines is 1. The van der Waals surface area contributed by atoms with Crippen molar-refractivity contribution in [1.29, 1.82) is 0 Å². The van der Waals surface area contributed by atoms with Crippen LogP contribution >= 0.6 is 15.9 Å². The van der Waals surface area contributed by atoms with Crippen LogP contribution in [0.4, 0.5) is 5.95 Å². The molecule has 0 fully saturated rings. The number of ether oxygens (including phenoxy) is 2. The molecule has 0 amide bonds. The first kappa shape index (κ1) is 18.0. The van der Waals surface area contributed by atoms with Gasteiger partial charge in [0.2, 0.25) is 5.95 Å². The van der Waals surface area contributed by atoms with E-state index >= 15 is 0 Å². The maximum Gasteiger partial charge on any atom is 0.221 e. The number of rotatable bonds is 6. The summed E-state index contributed by atoms with van der Waals surface area (Å²) in [7, 11) is 1.61. The predicted octanol–water partition coefficient (Wildman–Crippen LogP) is 4.01. The summed E-state index contributed by atoms with van der Waals surface area (Å²) in [6.07, 6.45) is 3.43. The standard InChI is InChI=1S/C19H19BrN4O2/c1-13-11-24(19(21)23-13)22-10-15-6-4-8-17(25-2)18(15)26-12-14-5-3-7-16(20)9-14/h3-11H,12H2,1-2H3,(H2,21,23). The maximum atomic E-state index is 6.03. The third kappa shape index (κ3) is 4.23. The second-order valence-electron chi connectivity index (χ2n) is 5.63. The van der Waals surface area contributed by atoms with Crippen LogP contribution in [0.2, 0.25) is 0 Å².